The molecule has 1 heterocycles. The van der Waals surface area contributed by atoms with Gasteiger partial charge in [-0.25, -0.2) is 0 Å². The Labute approximate surface area is 120 Å². The van der Waals surface area contributed by atoms with Crippen LogP contribution >= 0.6 is 11.8 Å². The summed E-state index contributed by atoms with van der Waals surface area (Å²) in [4.78, 5) is 2.37. The second-order valence-corrected chi connectivity index (χ2v) is 6.18. The van der Waals surface area contributed by atoms with Crippen LogP contribution in [0.4, 0.5) is 0 Å². The summed E-state index contributed by atoms with van der Waals surface area (Å²) < 4.78 is 5.83. The molecule has 1 aliphatic rings. The number of hydrogen-bond donors (Lipinski definition) is 1. The Hall–Kier alpha value is -0.710. The van der Waals surface area contributed by atoms with Crippen LogP contribution in [0.15, 0.2) is 24.3 Å². The van der Waals surface area contributed by atoms with Crippen molar-refractivity contribution in [2.45, 2.75) is 25.4 Å². The van der Waals surface area contributed by atoms with Gasteiger partial charge in [0.1, 0.15) is 5.75 Å². The van der Waals surface area contributed by atoms with E-state index in [1.807, 2.05) is 30.0 Å². The second-order valence-electron chi connectivity index (χ2n) is 5.03. The third-order valence-electron chi connectivity index (χ3n) is 3.60. The monoisotopic (exact) mass is 280 g/mol. The Bertz CT molecular complexity index is 399. The molecule has 4 heteroatoms. The van der Waals surface area contributed by atoms with Crippen LogP contribution in [0.1, 0.15) is 24.9 Å². The van der Waals surface area contributed by atoms with Gasteiger partial charge in [-0.15, -0.1) is 0 Å². The molecule has 0 saturated carbocycles. The molecule has 1 saturated heterocycles. The van der Waals surface area contributed by atoms with E-state index in [2.05, 4.69) is 24.9 Å². The maximum atomic E-state index is 6.50. The van der Waals surface area contributed by atoms with Crippen molar-refractivity contribution < 1.29 is 4.74 Å². The molecule has 1 fully saturated rings. The quantitative estimate of drug-likeness (QED) is 0.899. The van der Waals surface area contributed by atoms with Crippen molar-refractivity contribution in [3.8, 4) is 5.75 Å². The zero-order valence-corrected chi connectivity index (χ0v) is 12.7. The fourth-order valence-electron chi connectivity index (χ4n) is 2.39. The van der Waals surface area contributed by atoms with E-state index in [0.717, 1.165) is 36.6 Å². The SMILES string of the molecule is CCCOc1ccccc1C(N)C1CSCCN1C. The van der Waals surface area contributed by atoms with E-state index in [1.54, 1.807) is 0 Å². The predicted molar refractivity (Wildman–Crippen MR) is 82.9 cm³/mol. The molecule has 1 aliphatic heterocycles. The highest BCUT2D eigenvalue weighted by molar-refractivity contribution is 7.99. The Kier molecular flexibility index (Phi) is 5.55. The van der Waals surface area contributed by atoms with Crippen LogP contribution in [-0.2, 0) is 0 Å². The summed E-state index contributed by atoms with van der Waals surface area (Å²) in [5.74, 6) is 3.24. The van der Waals surface area contributed by atoms with Crippen LogP contribution in [-0.4, -0.2) is 42.6 Å². The number of nitrogens with two attached hydrogens (primary N) is 1. The number of ether oxygens (including phenoxy) is 1. The topological polar surface area (TPSA) is 38.5 Å². The highest BCUT2D eigenvalue weighted by atomic mass is 32.2. The molecule has 3 nitrogen and oxygen atoms in total. The Morgan fingerprint density at radius 2 is 2.26 bits per heavy atom. The van der Waals surface area contributed by atoms with E-state index in [0.29, 0.717) is 6.04 Å². The van der Waals surface area contributed by atoms with Crippen molar-refractivity contribution >= 4 is 11.8 Å². The number of rotatable bonds is 5. The maximum absolute atomic E-state index is 6.50. The number of hydrogen-bond acceptors (Lipinski definition) is 4. The molecule has 0 spiro atoms. The Morgan fingerprint density at radius 3 is 3.00 bits per heavy atom. The first kappa shape index (κ1) is 14.7. The minimum absolute atomic E-state index is 0.0193. The van der Waals surface area contributed by atoms with Crippen molar-refractivity contribution in [1.82, 2.24) is 4.90 Å². The standard InChI is InChI=1S/C15H24N2OS/c1-3-9-18-14-7-5-4-6-12(14)15(16)13-11-19-10-8-17(13)2/h4-7,13,15H,3,8-11,16H2,1-2H3. The van der Waals surface area contributed by atoms with Crippen molar-refractivity contribution in [2.75, 3.05) is 31.7 Å². The van der Waals surface area contributed by atoms with Crippen LogP contribution in [0.25, 0.3) is 0 Å². The molecule has 1 aromatic rings. The minimum Gasteiger partial charge on any atom is -0.493 e. The van der Waals surface area contributed by atoms with Crippen molar-refractivity contribution in [3.63, 3.8) is 0 Å². The molecule has 1 aromatic carbocycles. The summed E-state index contributed by atoms with van der Waals surface area (Å²) in [7, 11) is 2.17. The molecule has 0 bridgehead atoms. The van der Waals surface area contributed by atoms with Gasteiger partial charge < -0.3 is 10.5 Å². The fraction of sp³-hybridized carbons (Fsp3) is 0.600. The third-order valence-corrected chi connectivity index (χ3v) is 4.65. The zero-order chi connectivity index (χ0) is 13.7. The number of likely N-dealkylation sites (N-methyl/N-ethyl adjacent to an activating group) is 1. The molecule has 0 aliphatic carbocycles. The zero-order valence-electron chi connectivity index (χ0n) is 11.8. The third kappa shape index (κ3) is 3.65. The summed E-state index contributed by atoms with van der Waals surface area (Å²) in [6.07, 6.45) is 1.02. The number of nitrogens with zero attached hydrogens (tertiary/aromatic N) is 1. The lowest BCUT2D eigenvalue weighted by Gasteiger charge is -2.36. The van der Waals surface area contributed by atoms with Crippen molar-refractivity contribution in [1.29, 1.82) is 0 Å². The first-order valence-corrected chi connectivity index (χ1v) is 8.14. The molecule has 106 valence electrons. The van der Waals surface area contributed by atoms with Gasteiger partial charge in [0.2, 0.25) is 0 Å². The lowest BCUT2D eigenvalue weighted by atomic mass is 9.99. The van der Waals surface area contributed by atoms with Crippen LogP contribution in [0.2, 0.25) is 0 Å². The Balaban J connectivity index is 2.15. The van der Waals surface area contributed by atoms with E-state index in [9.17, 15) is 0 Å². The van der Waals surface area contributed by atoms with E-state index >= 15 is 0 Å². The largest absolute Gasteiger partial charge is 0.493 e. The van der Waals surface area contributed by atoms with Gasteiger partial charge in [-0.05, 0) is 19.5 Å². The van der Waals surface area contributed by atoms with Crippen molar-refractivity contribution in [3.05, 3.63) is 29.8 Å². The minimum atomic E-state index is 0.0193. The number of thioether (sulfide) groups is 1. The Morgan fingerprint density at radius 1 is 1.47 bits per heavy atom. The lowest BCUT2D eigenvalue weighted by molar-refractivity contribution is 0.232. The molecule has 2 N–H and O–H groups in total. The normalized spacial score (nSPS) is 22.2. The lowest BCUT2D eigenvalue weighted by Crippen LogP contribution is -2.46. The molecule has 2 atom stereocenters. The van der Waals surface area contributed by atoms with Gasteiger partial charge in [-0.1, -0.05) is 25.1 Å². The average Bonchev–Trinajstić information content (AvgIpc) is 2.45. The molecule has 0 radical (unpaired) electrons. The van der Waals surface area contributed by atoms with E-state index in [1.165, 1.54) is 5.75 Å². The van der Waals surface area contributed by atoms with E-state index < -0.39 is 0 Å². The van der Waals surface area contributed by atoms with Gasteiger partial charge in [0.15, 0.2) is 0 Å². The molecular formula is C15H24N2OS. The average molecular weight is 280 g/mol. The van der Waals surface area contributed by atoms with E-state index in [4.69, 9.17) is 10.5 Å². The predicted octanol–water partition coefficient (Wildman–Crippen LogP) is 2.52. The first-order chi connectivity index (χ1) is 9.24. The van der Waals surface area contributed by atoms with Crippen LogP contribution < -0.4 is 10.5 Å². The summed E-state index contributed by atoms with van der Waals surface area (Å²) in [5.41, 5.74) is 7.63. The summed E-state index contributed by atoms with van der Waals surface area (Å²) in [5, 5.41) is 0. The van der Waals surface area contributed by atoms with Crippen LogP contribution in [0.5, 0.6) is 5.75 Å². The smallest absolute Gasteiger partial charge is 0.124 e. The second kappa shape index (κ2) is 7.17. The molecule has 2 unspecified atom stereocenters. The molecule has 19 heavy (non-hydrogen) atoms. The van der Waals surface area contributed by atoms with Gasteiger partial charge in [-0.3, -0.25) is 4.90 Å². The highest BCUT2D eigenvalue weighted by Crippen LogP contribution is 2.30. The molecule has 2 rings (SSSR count). The molecule has 0 aromatic heterocycles. The van der Waals surface area contributed by atoms with E-state index in [-0.39, 0.29) is 6.04 Å². The maximum Gasteiger partial charge on any atom is 0.124 e. The number of benzene rings is 1. The van der Waals surface area contributed by atoms with Gasteiger partial charge in [-0.2, -0.15) is 11.8 Å². The van der Waals surface area contributed by atoms with Gasteiger partial charge in [0, 0.05) is 35.7 Å². The molecule has 0 amide bonds. The number of para-hydroxylation sites is 1. The van der Waals surface area contributed by atoms with Crippen molar-refractivity contribution in [2.24, 2.45) is 5.73 Å². The van der Waals surface area contributed by atoms with Gasteiger partial charge in [0.05, 0.1) is 6.61 Å². The van der Waals surface area contributed by atoms with Crippen LogP contribution in [0, 0.1) is 0 Å². The highest BCUT2D eigenvalue weighted by Gasteiger charge is 2.28. The fourth-order valence-corrected chi connectivity index (χ4v) is 3.68. The first-order valence-electron chi connectivity index (χ1n) is 6.99. The van der Waals surface area contributed by atoms with Crippen LogP contribution in [0.3, 0.4) is 0 Å². The molecular weight excluding hydrogens is 256 g/mol. The van der Waals surface area contributed by atoms with Gasteiger partial charge in [0.25, 0.3) is 0 Å². The summed E-state index contributed by atoms with van der Waals surface area (Å²) in [6.45, 7) is 3.98. The summed E-state index contributed by atoms with van der Waals surface area (Å²) >= 11 is 1.99. The summed E-state index contributed by atoms with van der Waals surface area (Å²) in [6, 6.07) is 8.60. The van der Waals surface area contributed by atoms with Gasteiger partial charge >= 0.3 is 0 Å².